The van der Waals surface area contributed by atoms with E-state index in [9.17, 15) is 0 Å². The second kappa shape index (κ2) is 5.84. The molecule has 0 aliphatic carbocycles. The van der Waals surface area contributed by atoms with Crippen molar-refractivity contribution in [3.05, 3.63) is 38.6 Å². The van der Waals surface area contributed by atoms with Gasteiger partial charge in [-0.25, -0.2) is 4.98 Å². The molecule has 0 spiro atoms. The molecular weight excluding hydrogens is 324 g/mol. The highest BCUT2D eigenvalue weighted by molar-refractivity contribution is 9.10. The minimum atomic E-state index is 0.651. The zero-order valence-corrected chi connectivity index (χ0v) is 13.5. The largest absolute Gasteiger partial charge is 0.496 e. The van der Waals surface area contributed by atoms with Crippen LogP contribution in [0.15, 0.2) is 22.7 Å². The summed E-state index contributed by atoms with van der Waals surface area (Å²) in [4.78, 5) is 7.79. The van der Waals surface area contributed by atoms with E-state index in [-0.39, 0.29) is 0 Å². The summed E-state index contributed by atoms with van der Waals surface area (Å²) in [5.41, 5.74) is 3.16. The standard InChI is InChI=1S/C14H15BrN2OS/c1-4-11-8(2)14(19)17-13(16-11)9-5-6-12(18-3)10(15)7-9/h5-7H,4H2,1-3H3,(H,16,17,19). The number of nitrogens with zero attached hydrogens (tertiary/aromatic N) is 1. The van der Waals surface area contributed by atoms with Gasteiger partial charge < -0.3 is 9.72 Å². The maximum atomic E-state index is 5.31. The van der Waals surface area contributed by atoms with Crippen molar-refractivity contribution in [2.45, 2.75) is 20.3 Å². The molecule has 1 aromatic heterocycles. The van der Waals surface area contributed by atoms with Gasteiger partial charge in [-0.15, -0.1) is 0 Å². The predicted molar refractivity (Wildman–Crippen MR) is 83.2 cm³/mol. The lowest BCUT2D eigenvalue weighted by molar-refractivity contribution is 0.412. The van der Waals surface area contributed by atoms with E-state index in [4.69, 9.17) is 17.0 Å². The van der Waals surface area contributed by atoms with E-state index in [0.29, 0.717) is 4.64 Å². The Hall–Kier alpha value is -1.20. The van der Waals surface area contributed by atoms with Gasteiger partial charge in [0, 0.05) is 16.8 Å². The SMILES string of the molecule is CCc1[nH]c(-c2ccc(OC)c(Br)c2)nc(=S)c1C. The first-order chi connectivity index (χ1) is 9.06. The van der Waals surface area contributed by atoms with Crippen LogP contribution in [0, 0.1) is 11.6 Å². The molecule has 0 fully saturated rings. The number of aromatic amines is 1. The molecule has 100 valence electrons. The van der Waals surface area contributed by atoms with Crippen LogP contribution in [0.4, 0.5) is 0 Å². The maximum Gasteiger partial charge on any atom is 0.139 e. The highest BCUT2D eigenvalue weighted by atomic mass is 79.9. The van der Waals surface area contributed by atoms with Crippen LogP contribution in [0.1, 0.15) is 18.2 Å². The summed E-state index contributed by atoms with van der Waals surface area (Å²) in [5.74, 6) is 1.58. The second-order valence-electron chi connectivity index (χ2n) is 4.20. The molecule has 0 unspecified atom stereocenters. The van der Waals surface area contributed by atoms with Gasteiger partial charge in [-0.2, -0.15) is 0 Å². The smallest absolute Gasteiger partial charge is 0.139 e. The molecule has 0 aliphatic heterocycles. The molecule has 0 aliphatic rings. The lowest BCUT2D eigenvalue weighted by Crippen LogP contribution is -1.99. The van der Waals surface area contributed by atoms with Gasteiger partial charge in [-0.3, -0.25) is 0 Å². The Labute approximate surface area is 126 Å². The maximum absolute atomic E-state index is 5.31. The number of rotatable bonds is 3. The van der Waals surface area contributed by atoms with Crippen molar-refractivity contribution in [1.82, 2.24) is 9.97 Å². The van der Waals surface area contributed by atoms with E-state index in [1.54, 1.807) is 7.11 Å². The quantitative estimate of drug-likeness (QED) is 0.840. The number of nitrogens with one attached hydrogen (secondary N) is 1. The fourth-order valence-corrected chi connectivity index (χ4v) is 2.64. The first-order valence-corrected chi connectivity index (χ1v) is 7.20. The molecular formula is C14H15BrN2OS. The van der Waals surface area contributed by atoms with Crippen LogP contribution in [0.2, 0.25) is 0 Å². The molecule has 1 N–H and O–H groups in total. The van der Waals surface area contributed by atoms with Crippen LogP contribution >= 0.6 is 28.1 Å². The molecule has 19 heavy (non-hydrogen) atoms. The van der Waals surface area contributed by atoms with Crippen LogP contribution < -0.4 is 4.74 Å². The van der Waals surface area contributed by atoms with Gasteiger partial charge >= 0.3 is 0 Å². The Kier molecular flexibility index (Phi) is 4.37. The van der Waals surface area contributed by atoms with Gasteiger partial charge in [0.05, 0.1) is 11.6 Å². The molecule has 0 bridgehead atoms. The lowest BCUT2D eigenvalue weighted by Gasteiger charge is -2.09. The Morgan fingerprint density at radius 2 is 2.16 bits per heavy atom. The third-order valence-electron chi connectivity index (χ3n) is 3.03. The number of halogens is 1. The lowest BCUT2D eigenvalue weighted by atomic mass is 10.1. The van der Waals surface area contributed by atoms with Crippen molar-refractivity contribution in [1.29, 1.82) is 0 Å². The average molecular weight is 339 g/mol. The molecule has 5 heteroatoms. The summed E-state index contributed by atoms with van der Waals surface area (Å²) >= 11 is 8.79. The molecule has 0 atom stereocenters. The van der Waals surface area contributed by atoms with E-state index in [2.05, 4.69) is 32.8 Å². The number of benzene rings is 1. The van der Waals surface area contributed by atoms with Crippen molar-refractivity contribution in [3.63, 3.8) is 0 Å². The van der Waals surface area contributed by atoms with Gasteiger partial charge in [0.1, 0.15) is 16.2 Å². The van der Waals surface area contributed by atoms with Crippen LogP contribution in [0.5, 0.6) is 5.75 Å². The number of ether oxygens (including phenoxy) is 1. The van der Waals surface area contributed by atoms with Gasteiger partial charge in [0.15, 0.2) is 0 Å². The van der Waals surface area contributed by atoms with E-state index >= 15 is 0 Å². The monoisotopic (exact) mass is 338 g/mol. The molecule has 2 aromatic rings. The van der Waals surface area contributed by atoms with Crippen molar-refractivity contribution in [3.8, 4) is 17.1 Å². The number of methoxy groups -OCH3 is 1. The summed E-state index contributed by atoms with van der Waals surface area (Å²) in [5, 5.41) is 0. The van der Waals surface area contributed by atoms with Gasteiger partial charge in [-0.05, 0) is 47.5 Å². The third kappa shape index (κ3) is 2.87. The zero-order valence-electron chi connectivity index (χ0n) is 11.1. The molecule has 0 amide bonds. The van der Waals surface area contributed by atoms with Crippen LogP contribution in [0.3, 0.4) is 0 Å². The van der Waals surface area contributed by atoms with Gasteiger partial charge in [0.25, 0.3) is 0 Å². The summed E-state index contributed by atoms with van der Waals surface area (Å²) in [6.45, 7) is 4.10. The predicted octanol–water partition coefficient (Wildman–Crippen LogP) is 4.45. The van der Waals surface area contributed by atoms with Crippen molar-refractivity contribution in [2.75, 3.05) is 7.11 Å². The minimum absolute atomic E-state index is 0.651. The average Bonchev–Trinajstić information content (AvgIpc) is 2.41. The van der Waals surface area contributed by atoms with E-state index in [1.807, 2.05) is 25.1 Å². The van der Waals surface area contributed by atoms with Crippen LogP contribution in [-0.2, 0) is 6.42 Å². The topological polar surface area (TPSA) is 37.9 Å². The third-order valence-corrected chi connectivity index (χ3v) is 4.05. The van der Waals surface area contributed by atoms with E-state index in [1.165, 1.54) is 0 Å². The normalized spacial score (nSPS) is 10.5. The molecule has 3 nitrogen and oxygen atoms in total. The molecule has 2 rings (SSSR count). The number of hydrogen-bond donors (Lipinski definition) is 1. The van der Waals surface area contributed by atoms with Crippen molar-refractivity contribution < 1.29 is 4.74 Å². The van der Waals surface area contributed by atoms with E-state index in [0.717, 1.165) is 39.3 Å². The first kappa shape index (κ1) is 14.2. The first-order valence-electron chi connectivity index (χ1n) is 6.00. The number of aryl methyl sites for hydroxylation is 1. The highest BCUT2D eigenvalue weighted by Gasteiger charge is 2.08. The van der Waals surface area contributed by atoms with Crippen LogP contribution in [0.25, 0.3) is 11.4 Å². The highest BCUT2D eigenvalue weighted by Crippen LogP contribution is 2.29. The Morgan fingerprint density at radius 1 is 1.42 bits per heavy atom. The summed E-state index contributed by atoms with van der Waals surface area (Å²) in [6.07, 6.45) is 0.905. The number of H-pyrrole nitrogens is 1. The second-order valence-corrected chi connectivity index (χ2v) is 5.44. The molecule has 0 saturated heterocycles. The number of aromatic nitrogens is 2. The van der Waals surface area contributed by atoms with Gasteiger partial charge in [-0.1, -0.05) is 19.1 Å². The van der Waals surface area contributed by atoms with Gasteiger partial charge in [0.2, 0.25) is 0 Å². The minimum Gasteiger partial charge on any atom is -0.496 e. The Bertz CT molecular complexity index is 667. The summed E-state index contributed by atoms with van der Waals surface area (Å²) < 4.78 is 6.77. The molecule has 1 heterocycles. The Balaban J connectivity index is 2.56. The Morgan fingerprint density at radius 3 is 2.74 bits per heavy atom. The molecule has 1 aromatic carbocycles. The summed E-state index contributed by atoms with van der Waals surface area (Å²) in [6, 6.07) is 5.84. The fourth-order valence-electron chi connectivity index (χ4n) is 1.88. The van der Waals surface area contributed by atoms with Crippen LogP contribution in [-0.4, -0.2) is 17.1 Å². The molecule has 0 saturated carbocycles. The zero-order chi connectivity index (χ0) is 14.0. The van der Waals surface area contributed by atoms with Crippen molar-refractivity contribution >= 4 is 28.1 Å². The van der Waals surface area contributed by atoms with Crippen molar-refractivity contribution in [2.24, 2.45) is 0 Å². The number of hydrogen-bond acceptors (Lipinski definition) is 3. The fraction of sp³-hybridized carbons (Fsp3) is 0.286. The molecule has 0 radical (unpaired) electrons. The van der Waals surface area contributed by atoms with E-state index < -0.39 is 0 Å². The summed E-state index contributed by atoms with van der Waals surface area (Å²) in [7, 11) is 1.65.